The van der Waals surface area contributed by atoms with E-state index in [-0.39, 0.29) is 5.91 Å². The fraction of sp³-hybridized carbons (Fsp3) is 0.467. The molecule has 5 heteroatoms. The lowest BCUT2D eigenvalue weighted by atomic mass is 10.1. The van der Waals surface area contributed by atoms with Gasteiger partial charge < -0.3 is 10.1 Å². The number of nitrogens with one attached hydrogen (secondary N) is 2. The fourth-order valence-electron chi connectivity index (χ4n) is 1.97. The lowest BCUT2D eigenvalue weighted by Gasteiger charge is -2.10. The Morgan fingerprint density at radius 1 is 1.30 bits per heavy atom. The van der Waals surface area contributed by atoms with Crippen molar-refractivity contribution in [1.29, 1.82) is 0 Å². The number of guanidine groups is 1. The highest BCUT2D eigenvalue weighted by atomic mass is 16.5. The van der Waals surface area contributed by atoms with Crippen molar-refractivity contribution in [2.45, 2.75) is 32.7 Å². The fourth-order valence-corrected chi connectivity index (χ4v) is 1.97. The lowest BCUT2D eigenvalue weighted by Crippen LogP contribution is -2.25. The highest BCUT2D eigenvalue weighted by Crippen LogP contribution is 2.21. The van der Waals surface area contributed by atoms with Crippen LogP contribution in [0.4, 0.5) is 0 Å². The molecule has 1 amide bonds. The van der Waals surface area contributed by atoms with E-state index in [1.54, 1.807) is 0 Å². The summed E-state index contributed by atoms with van der Waals surface area (Å²) in [6.07, 6.45) is 1.91. The third kappa shape index (κ3) is 3.50. The van der Waals surface area contributed by atoms with E-state index in [2.05, 4.69) is 22.5 Å². The van der Waals surface area contributed by atoms with Crippen molar-refractivity contribution in [1.82, 2.24) is 10.6 Å². The molecule has 2 N–H and O–H groups in total. The van der Waals surface area contributed by atoms with Crippen molar-refractivity contribution in [3.63, 3.8) is 0 Å². The maximum atomic E-state index is 12.0. The number of rotatable bonds is 6. The van der Waals surface area contributed by atoms with Gasteiger partial charge in [-0.2, -0.15) is 0 Å². The van der Waals surface area contributed by atoms with Crippen LogP contribution >= 0.6 is 0 Å². The Hall–Kier alpha value is -2.04. The van der Waals surface area contributed by atoms with Crippen molar-refractivity contribution >= 4 is 11.9 Å². The normalized spacial score (nSPS) is 19.8. The highest BCUT2D eigenvalue weighted by molar-refractivity contribution is 6.06. The molecule has 108 valence electrons. The number of nitrogens with zero attached hydrogens (tertiary/aromatic N) is 1. The molecule has 1 saturated heterocycles. The largest absolute Gasteiger partial charge is 0.494 e. The van der Waals surface area contributed by atoms with E-state index in [4.69, 9.17) is 4.74 Å². The molecule has 5 nitrogen and oxygen atoms in total. The minimum absolute atomic E-state index is 0.0764. The molecule has 1 fully saturated rings. The molecule has 0 radical (unpaired) electrons. The first-order chi connectivity index (χ1) is 9.74. The second kappa shape index (κ2) is 6.93. The summed E-state index contributed by atoms with van der Waals surface area (Å²) in [4.78, 5) is 16.3. The Morgan fingerprint density at radius 2 is 2.15 bits per heavy atom. The smallest absolute Gasteiger partial charge is 0.253 e. The topological polar surface area (TPSA) is 62.7 Å². The number of ether oxygens (including phenoxy) is 1. The van der Waals surface area contributed by atoms with Gasteiger partial charge in [-0.1, -0.05) is 26.0 Å². The van der Waals surface area contributed by atoms with Crippen LogP contribution in [-0.4, -0.2) is 25.0 Å². The third-order valence-corrected chi connectivity index (χ3v) is 2.94. The molecule has 0 aromatic heterocycles. The summed E-state index contributed by atoms with van der Waals surface area (Å²) in [6, 6.07) is 7.22. The molecule has 2 rings (SSSR count). The summed E-state index contributed by atoms with van der Waals surface area (Å²) in [7, 11) is 0. The van der Waals surface area contributed by atoms with Gasteiger partial charge in [0.25, 0.3) is 5.91 Å². The molecular formula is C15H21N3O2. The maximum absolute atomic E-state index is 12.0. The van der Waals surface area contributed by atoms with Gasteiger partial charge in [-0.3, -0.25) is 15.1 Å². The predicted molar refractivity (Wildman–Crippen MR) is 78.8 cm³/mol. The summed E-state index contributed by atoms with van der Waals surface area (Å²) in [6.45, 7) is 5.49. The van der Waals surface area contributed by atoms with E-state index in [1.165, 1.54) is 0 Å². The zero-order valence-electron chi connectivity index (χ0n) is 12.0. The number of hydrogen-bond donors (Lipinski definition) is 2. The molecule has 0 saturated carbocycles. The van der Waals surface area contributed by atoms with Crippen LogP contribution in [0.1, 0.15) is 38.3 Å². The summed E-state index contributed by atoms with van der Waals surface area (Å²) < 4.78 is 5.59. The summed E-state index contributed by atoms with van der Waals surface area (Å²) >= 11 is 0. The Morgan fingerprint density at radius 3 is 2.90 bits per heavy atom. The number of hydrogen-bond acceptors (Lipinski definition) is 3. The lowest BCUT2D eigenvalue weighted by molar-refractivity contribution is -0.120. The molecule has 1 aromatic carbocycles. The van der Waals surface area contributed by atoms with E-state index in [0.29, 0.717) is 19.1 Å². The quantitative estimate of drug-likeness (QED) is 0.834. The Bertz CT molecular complexity index is 500. The van der Waals surface area contributed by atoms with Gasteiger partial charge in [-0.15, -0.1) is 0 Å². The predicted octanol–water partition coefficient (Wildman–Crippen LogP) is 2.00. The minimum Gasteiger partial charge on any atom is -0.494 e. The molecule has 0 bridgehead atoms. The monoisotopic (exact) mass is 275 g/mol. The average Bonchev–Trinajstić information content (AvgIpc) is 2.84. The van der Waals surface area contributed by atoms with Crippen molar-refractivity contribution in [2.75, 3.05) is 13.2 Å². The average molecular weight is 275 g/mol. The number of carbonyl (C=O) groups excluding carboxylic acids is 1. The molecule has 1 aromatic rings. The van der Waals surface area contributed by atoms with E-state index >= 15 is 0 Å². The first-order valence-electron chi connectivity index (χ1n) is 7.09. The van der Waals surface area contributed by atoms with E-state index in [1.807, 2.05) is 31.2 Å². The van der Waals surface area contributed by atoms with Gasteiger partial charge >= 0.3 is 0 Å². The van der Waals surface area contributed by atoms with Crippen molar-refractivity contribution in [3.05, 3.63) is 29.8 Å². The van der Waals surface area contributed by atoms with Gasteiger partial charge in [0.1, 0.15) is 11.8 Å². The second-order valence-corrected chi connectivity index (χ2v) is 4.72. The van der Waals surface area contributed by atoms with Gasteiger partial charge in [-0.05, 0) is 30.5 Å². The number of carbonyl (C=O) groups is 1. The van der Waals surface area contributed by atoms with Crippen LogP contribution in [0.5, 0.6) is 5.75 Å². The van der Waals surface area contributed by atoms with E-state index in [9.17, 15) is 4.79 Å². The van der Waals surface area contributed by atoms with Crippen LogP contribution in [0.25, 0.3) is 0 Å². The summed E-state index contributed by atoms with van der Waals surface area (Å²) in [5.74, 6) is 1.27. The van der Waals surface area contributed by atoms with Gasteiger partial charge in [0.2, 0.25) is 0 Å². The first-order valence-corrected chi connectivity index (χ1v) is 7.09. The van der Waals surface area contributed by atoms with Crippen LogP contribution in [0.2, 0.25) is 0 Å². The molecule has 1 unspecified atom stereocenters. The molecule has 1 atom stereocenters. The zero-order chi connectivity index (χ0) is 14.4. The minimum atomic E-state index is -0.393. The number of amides is 1. The van der Waals surface area contributed by atoms with Crippen LogP contribution in [0.15, 0.2) is 29.3 Å². The Labute approximate surface area is 119 Å². The maximum Gasteiger partial charge on any atom is 0.253 e. The third-order valence-electron chi connectivity index (χ3n) is 2.94. The SMILES string of the molecule is CCCN=C1NC(=O)C(c2cccc(OCCC)c2)N1. The van der Waals surface area contributed by atoms with Gasteiger partial charge in [0.15, 0.2) is 5.96 Å². The van der Waals surface area contributed by atoms with Crippen LogP contribution in [0, 0.1) is 0 Å². The Kier molecular flexibility index (Phi) is 4.98. The van der Waals surface area contributed by atoms with Crippen molar-refractivity contribution < 1.29 is 9.53 Å². The molecule has 1 aliphatic rings. The van der Waals surface area contributed by atoms with Crippen LogP contribution < -0.4 is 15.4 Å². The van der Waals surface area contributed by atoms with Gasteiger partial charge in [0.05, 0.1) is 6.61 Å². The molecular weight excluding hydrogens is 254 g/mol. The zero-order valence-corrected chi connectivity index (χ0v) is 12.0. The Balaban J connectivity index is 2.09. The summed E-state index contributed by atoms with van der Waals surface area (Å²) in [5, 5.41) is 5.87. The molecule has 1 heterocycles. The van der Waals surface area contributed by atoms with Crippen molar-refractivity contribution in [3.8, 4) is 5.75 Å². The van der Waals surface area contributed by atoms with Gasteiger partial charge in [-0.25, -0.2) is 0 Å². The van der Waals surface area contributed by atoms with Crippen LogP contribution in [-0.2, 0) is 4.79 Å². The summed E-state index contributed by atoms with van der Waals surface area (Å²) in [5.41, 5.74) is 0.887. The van der Waals surface area contributed by atoms with Crippen LogP contribution in [0.3, 0.4) is 0 Å². The number of benzene rings is 1. The second-order valence-electron chi connectivity index (χ2n) is 4.72. The van der Waals surface area contributed by atoms with E-state index < -0.39 is 6.04 Å². The standard InChI is InChI=1S/C15H21N3O2/c1-3-8-16-15-17-13(14(19)18-15)11-6-5-7-12(10-11)20-9-4-2/h5-7,10,13H,3-4,8-9H2,1-2H3,(H2,16,17,18,19). The molecule has 20 heavy (non-hydrogen) atoms. The highest BCUT2D eigenvalue weighted by Gasteiger charge is 2.29. The van der Waals surface area contributed by atoms with Gasteiger partial charge in [0, 0.05) is 6.54 Å². The molecule has 0 aliphatic carbocycles. The van der Waals surface area contributed by atoms with E-state index in [0.717, 1.165) is 24.2 Å². The number of aliphatic imine (C=N–C) groups is 1. The van der Waals surface area contributed by atoms with Crippen molar-refractivity contribution in [2.24, 2.45) is 4.99 Å². The first kappa shape index (κ1) is 14.4. The molecule has 0 spiro atoms. The molecule has 1 aliphatic heterocycles.